The number of nitrogens with one attached hydrogen (secondary N) is 1. The molecular formula is C17H15F2IN2O2. The third kappa shape index (κ3) is 5.55. The number of rotatable bonds is 6. The zero-order valence-corrected chi connectivity index (χ0v) is 14.7. The summed E-state index contributed by atoms with van der Waals surface area (Å²) >= 11 is 2.16. The highest BCUT2D eigenvalue weighted by Crippen LogP contribution is 2.11. The summed E-state index contributed by atoms with van der Waals surface area (Å²) in [5, 5.41) is 2.51. The summed E-state index contributed by atoms with van der Waals surface area (Å²) in [6.07, 6.45) is 0.000648. The summed E-state index contributed by atoms with van der Waals surface area (Å²) in [5.74, 6) is -2.73. The van der Waals surface area contributed by atoms with E-state index >= 15 is 0 Å². The van der Waals surface area contributed by atoms with Gasteiger partial charge < -0.3 is 11.1 Å². The summed E-state index contributed by atoms with van der Waals surface area (Å²) in [6.45, 7) is 0. The van der Waals surface area contributed by atoms with E-state index in [1.807, 2.05) is 24.3 Å². The van der Waals surface area contributed by atoms with Crippen molar-refractivity contribution in [3.8, 4) is 0 Å². The molecule has 0 aliphatic rings. The van der Waals surface area contributed by atoms with Gasteiger partial charge in [0.25, 0.3) is 0 Å². The molecule has 3 N–H and O–H groups in total. The first kappa shape index (κ1) is 18.3. The number of benzene rings is 2. The Morgan fingerprint density at radius 1 is 1.04 bits per heavy atom. The molecule has 0 aromatic heterocycles. The molecule has 0 radical (unpaired) electrons. The monoisotopic (exact) mass is 444 g/mol. The number of primary amides is 1. The van der Waals surface area contributed by atoms with Crippen molar-refractivity contribution in [2.75, 3.05) is 0 Å². The Labute approximate surface area is 151 Å². The maximum atomic E-state index is 13.1. The number of amides is 2. The summed E-state index contributed by atoms with van der Waals surface area (Å²) in [4.78, 5) is 23.6. The second-order valence-corrected chi connectivity index (χ2v) is 6.55. The van der Waals surface area contributed by atoms with Crippen LogP contribution in [-0.2, 0) is 22.4 Å². The van der Waals surface area contributed by atoms with Crippen molar-refractivity contribution >= 4 is 34.4 Å². The predicted molar refractivity (Wildman–Crippen MR) is 94.1 cm³/mol. The molecule has 0 aliphatic carbocycles. The number of halogens is 3. The molecule has 7 heteroatoms. The normalized spacial score (nSPS) is 11.8. The molecule has 0 heterocycles. The minimum Gasteiger partial charge on any atom is -0.368 e. The van der Waals surface area contributed by atoms with Crippen LogP contribution in [0.3, 0.4) is 0 Å². The molecule has 24 heavy (non-hydrogen) atoms. The van der Waals surface area contributed by atoms with Crippen LogP contribution >= 0.6 is 22.6 Å². The van der Waals surface area contributed by atoms with E-state index in [4.69, 9.17) is 5.73 Å². The third-order valence-corrected chi connectivity index (χ3v) is 4.04. The zero-order chi connectivity index (χ0) is 17.7. The number of nitrogens with two attached hydrogens (primary N) is 1. The van der Waals surface area contributed by atoms with Gasteiger partial charge in [-0.25, -0.2) is 8.78 Å². The van der Waals surface area contributed by atoms with Crippen LogP contribution in [0.1, 0.15) is 11.1 Å². The van der Waals surface area contributed by atoms with Gasteiger partial charge in [-0.3, -0.25) is 9.59 Å². The Balaban J connectivity index is 2.02. The SMILES string of the molecule is NC(=O)[C@H](Cc1ccc(I)cc1)NC(=O)Cc1cc(F)cc(F)c1. The zero-order valence-electron chi connectivity index (χ0n) is 12.6. The highest BCUT2D eigenvalue weighted by atomic mass is 127. The molecular weight excluding hydrogens is 429 g/mol. The molecule has 2 rings (SSSR count). The van der Waals surface area contributed by atoms with E-state index in [1.165, 1.54) is 0 Å². The van der Waals surface area contributed by atoms with Crippen LogP contribution in [0.2, 0.25) is 0 Å². The molecule has 126 valence electrons. The van der Waals surface area contributed by atoms with Gasteiger partial charge in [0.1, 0.15) is 17.7 Å². The van der Waals surface area contributed by atoms with Crippen molar-refractivity contribution in [1.82, 2.24) is 5.32 Å². The first-order chi connectivity index (χ1) is 11.3. The lowest BCUT2D eigenvalue weighted by Gasteiger charge is -2.16. The average molecular weight is 444 g/mol. The van der Waals surface area contributed by atoms with Gasteiger partial charge in [-0.1, -0.05) is 12.1 Å². The highest BCUT2D eigenvalue weighted by Gasteiger charge is 2.19. The molecule has 0 spiro atoms. The topological polar surface area (TPSA) is 72.2 Å². The summed E-state index contributed by atoms with van der Waals surface area (Å²) in [5.41, 5.74) is 6.36. The fraction of sp³-hybridized carbons (Fsp3) is 0.176. The molecule has 0 aliphatic heterocycles. The molecule has 0 fully saturated rings. The van der Waals surface area contributed by atoms with Crippen molar-refractivity contribution in [3.05, 3.63) is 68.8 Å². The molecule has 1 atom stereocenters. The quantitative estimate of drug-likeness (QED) is 0.672. The maximum absolute atomic E-state index is 13.1. The van der Waals surface area contributed by atoms with E-state index in [2.05, 4.69) is 27.9 Å². The van der Waals surface area contributed by atoms with Crippen LogP contribution < -0.4 is 11.1 Å². The van der Waals surface area contributed by atoms with Crippen LogP contribution in [0.4, 0.5) is 8.78 Å². The lowest BCUT2D eigenvalue weighted by molar-refractivity contribution is -0.127. The Kier molecular flexibility index (Phi) is 6.24. The van der Waals surface area contributed by atoms with E-state index < -0.39 is 29.5 Å². The summed E-state index contributed by atoms with van der Waals surface area (Å²) < 4.78 is 27.3. The number of carbonyl (C=O) groups excluding carboxylic acids is 2. The van der Waals surface area contributed by atoms with Crippen molar-refractivity contribution in [1.29, 1.82) is 0 Å². The van der Waals surface area contributed by atoms with E-state index in [0.29, 0.717) is 0 Å². The van der Waals surface area contributed by atoms with Gasteiger partial charge in [-0.15, -0.1) is 0 Å². The van der Waals surface area contributed by atoms with E-state index in [9.17, 15) is 18.4 Å². The van der Waals surface area contributed by atoms with E-state index in [-0.39, 0.29) is 18.4 Å². The number of carbonyl (C=O) groups is 2. The second-order valence-electron chi connectivity index (χ2n) is 5.31. The van der Waals surface area contributed by atoms with Crippen LogP contribution in [0, 0.1) is 15.2 Å². The molecule has 0 saturated heterocycles. The molecule has 2 aromatic rings. The van der Waals surface area contributed by atoms with Gasteiger partial charge in [-0.2, -0.15) is 0 Å². The average Bonchev–Trinajstić information content (AvgIpc) is 2.47. The number of hydrogen-bond acceptors (Lipinski definition) is 2. The van der Waals surface area contributed by atoms with Gasteiger partial charge >= 0.3 is 0 Å². The van der Waals surface area contributed by atoms with Crippen LogP contribution in [0.5, 0.6) is 0 Å². The van der Waals surface area contributed by atoms with Crippen molar-refractivity contribution in [3.63, 3.8) is 0 Å². The minimum absolute atomic E-state index is 0.183. The molecule has 2 aromatic carbocycles. The van der Waals surface area contributed by atoms with Gasteiger partial charge in [0.05, 0.1) is 6.42 Å². The third-order valence-electron chi connectivity index (χ3n) is 3.32. The minimum atomic E-state index is -0.893. The first-order valence-corrected chi connectivity index (χ1v) is 8.19. The molecule has 2 amide bonds. The first-order valence-electron chi connectivity index (χ1n) is 7.11. The summed E-state index contributed by atoms with van der Waals surface area (Å²) in [6, 6.07) is 9.41. The van der Waals surface area contributed by atoms with Crippen molar-refractivity contribution < 1.29 is 18.4 Å². The standard InChI is InChI=1S/C17H15F2IN2O2/c18-12-5-11(6-13(19)9-12)8-16(23)22-15(17(21)24)7-10-1-3-14(20)4-2-10/h1-6,9,15H,7-8H2,(H2,21,24)(H,22,23)/t15-/m0/s1. The second kappa shape index (κ2) is 8.18. The Bertz CT molecular complexity index is 731. The molecule has 0 bridgehead atoms. The molecule has 0 saturated carbocycles. The van der Waals surface area contributed by atoms with Crippen molar-refractivity contribution in [2.24, 2.45) is 5.73 Å². The lowest BCUT2D eigenvalue weighted by Crippen LogP contribution is -2.46. The Hall–Kier alpha value is -2.03. The fourth-order valence-electron chi connectivity index (χ4n) is 2.22. The van der Waals surface area contributed by atoms with Gasteiger partial charge in [-0.05, 0) is 58.0 Å². The van der Waals surface area contributed by atoms with E-state index in [1.54, 1.807) is 0 Å². The van der Waals surface area contributed by atoms with Crippen LogP contribution in [0.25, 0.3) is 0 Å². The highest BCUT2D eigenvalue weighted by molar-refractivity contribution is 14.1. The maximum Gasteiger partial charge on any atom is 0.240 e. The Morgan fingerprint density at radius 3 is 2.17 bits per heavy atom. The summed E-state index contributed by atoms with van der Waals surface area (Å²) in [7, 11) is 0. The Morgan fingerprint density at radius 2 is 1.62 bits per heavy atom. The van der Waals surface area contributed by atoms with Gasteiger partial charge in [0, 0.05) is 16.1 Å². The molecule has 4 nitrogen and oxygen atoms in total. The van der Waals surface area contributed by atoms with Crippen LogP contribution in [0.15, 0.2) is 42.5 Å². The van der Waals surface area contributed by atoms with Crippen molar-refractivity contribution in [2.45, 2.75) is 18.9 Å². The predicted octanol–water partition coefficient (Wildman–Crippen LogP) is 2.32. The lowest BCUT2D eigenvalue weighted by atomic mass is 10.0. The fourth-order valence-corrected chi connectivity index (χ4v) is 2.58. The van der Waals surface area contributed by atoms with Gasteiger partial charge in [0.15, 0.2) is 0 Å². The molecule has 0 unspecified atom stereocenters. The smallest absolute Gasteiger partial charge is 0.240 e. The van der Waals surface area contributed by atoms with Crippen LogP contribution in [-0.4, -0.2) is 17.9 Å². The largest absolute Gasteiger partial charge is 0.368 e. The van der Waals surface area contributed by atoms with E-state index in [0.717, 1.165) is 27.3 Å². The van der Waals surface area contributed by atoms with Gasteiger partial charge in [0.2, 0.25) is 11.8 Å². The number of hydrogen-bond donors (Lipinski definition) is 2.